The molecule has 0 unspecified atom stereocenters. The van der Waals surface area contributed by atoms with E-state index in [1.54, 1.807) is 0 Å². The smallest absolute Gasteiger partial charge is 0.387 e. The van der Waals surface area contributed by atoms with Crippen molar-refractivity contribution in [1.82, 2.24) is 4.90 Å². The fourth-order valence-corrected chi connectivity index (χ4v) is 1.62. The van der Waals surface area contributed by atoms with Crippen LogP contribution in [0.1, 0.15) is 11.6 Å². The summed E-state index contributed by atoms with van der Waals surface area (Å²) in [6.45, 7) is -2.87. The van der Waals surface area contributed by atoms with Gasteiger partial charge in [0, 0.05) is 7.05 Å². The summed E-state index contributed by atoms with van der Waals surface area (Å²) in [7, 11) is 1.52. The molecule has 1 aliphatic heterocycles. The third kappa shape index (κ3) is 2.24. The van der Waals surface area contributed by atoms with Crippen LogP contribution in [0.15, 0.2) is 29.3 Å². The molecule has 0 spiro atoms. The third-order valence-electron chi connectivity index (χ3n) is 2.59. The van der Waals surface area contributed by atoms with Gasteiger partial charge in [0.2, 0.25) is 0 Å². The number of ether oxygens (including phenoxy) is 1. The monoisotopic (exact) mass is 255 g/mol. The Balaban J connectivity index is 2.18. The first-order chi connectivity index (χ1) is 8.49. The van der Waals surface area contributed by atoms with Gasteiger partial charge in [-0.05, 0) is 17.7 Å². The second-order valence-corrected chi connectivity index (χ2v) is 3.73. The number of rotatable bonds is 3. The second-order valence-electron chi connectivity index (χ2n) is 3.73. The van der Waals surface area contributed by atoms with E-state index >= 15 is 0 Å². The number of benzene rings is 1. The molecule has 1 amide bonds. The highest BCUT2D eigenvalue weighted by atomic mass is 19.3. The second kappa shape index (κ2) is 4.59. The zero-order valence-electron chi connectivity index (χ0n) is 9.51. The van der Waals surface area contributed by atoms with E-state index in [0.717, 1.165) is 0 Å². The maximum absolute atomic E-state index is 12.0. The van der Waals surface area contributed by atoms with Gasteiger partial charge in [-0.3, -0.25) is 9.69 Å². The van der Waals surface area contributed by atoms with Gasteiger partial charge in [0.1, 0.15) is 5.75 Å². The Hall–Kier alpha value is -2.18. The Labute approximate surface area is 102 Å². The van der Waals surface area contributed by atoms with Crippen LogP contribution in [0.4, 0.5) is 8.78 Å². The Morgan fingerprint density at radius 1 is 1.39 bits per heavy atom. The van der Waals surface area contributed by atoms with Gasteiger partial charge >= 0.3 is 6.61 Å². The van der Waals surface area contributed by atoms with E-state index in [1.807, 2.05) is 0 Å². The van der Waals surface area contributed by atoms with E-state index in [-0.39, 0.29) is 17.6 Å². The van der Waals surface area contributed by atoms with Gasteiger partial charge in [0.25, 0.3) is 5.91 Å². The summed E-state index contributed by atoms with van der Waals surface area (Å²) in [5, 5.41) is 0. The first-order valence-electron chi connectivity index (χ1n) is 5.14. The van der Waals surface area contributed by atoms with Crippen molar-refractivity contribution in [3.8, 4) is 5.75 Å². The molecule has 0 bridgehead atoms. The Morgan fingerprint density at radius 3 is 2.44 bits per heavy atom. The molecule has 1 heterocycles. The Morgan fingerprint density at radius 2 is 2.00 bits per heavy atom. The number of hydrogen-bond acceptors (Lipinski definition) is 4. The summed E-state index contributed by atoms with van der Waals surface area (Å²) in [4.78, 5) is 17.0. The average Bonchev–Trinajstić information content (AvgIpc) is 2.57. The van der Waals surface area contributed by atoms with E-state index in [9.17, 15) is 13.6 Å². The molecule has 0 saturated carbocycles. The predicted octanol–water partition coefficient (Wildman–Crippen LogP) is 1.12. The molecule has 96 valence electrons. The molecule has 1 aromatic carbocycles. The zero-order chi connectivity index (χ0) is 13.3. The number of likely N-dealkylation sites (N-methyl/N-ethyl adjacent to an activating group) is 1. The predicted molar refractivity (Wildman–Crippen MR) is 60.2 cm³/mol. The molecule has 7 heteroatoms. The van der Waals surface area contributed by atoms with Crippen molar-refractivity contribution < 1.29 is 18.3 Å². The number of halogens is 2. The number of carbonyl (C=O) groups excluding carboxylic acids is 1. The van der Waals surface area contributed by atoms with Crippen molar-refractivity contribution >= 4 is 11.9 Å². The number of hydrogen-bond donors (Lipinski definition) is 1. The number of nitrogens with two attached hydrogens (primary N) is 1. The number of carbonyl (C=O) groups is 1. The first-order valence-corrected chi connectivity index (χ1v) is 5.14. The summed E-state index contributed by atoms with van der Waals surface area (Å²) < 4.78 is 28.1. The standard InChI is InChI=1S/C11H11F2N3O2/c1-16-9(17)8(15-11(16)14)6-2-4-7(5-3-6)18-10(12)13/h2-5,8,10H,1H3,(H2,14,15)/t8-/m1/s1. The minimum Gasteiger partial charge on any atom is -0.435 e. The van der Waals surface area contributed by atoms with Crippen LogP contribution in [0.3, 0.4) is 0 Å². The highest BCUT2D eigenvalue weighted by Crippen LogP contribution is 2.26. The van der Waals surface area contributed by atoms with E-state index < -0.39 is 12.7 Å². The van der Waals surface area contributed by atoms with E-state index in [0.29, 0.717) is 5.56 Å². The zero-order valence-corrected chi connectivity index (χ0v) is 9.51. The largest absolute Gasteiger partial charge is 0.435 e. The van der Waals surface area contributed by atoms with Crippen molar-refractivity contribution in [1.29, 1.82) is 0 Å². The molecule has 2 rings (SSSR count). The van der Waals surface area contributed by atoms with Crippen LogP contribution in [0.2, 0.25) is 0 Å². The van der Waals surface area contributed by atoms with Crippen LogP contribution in [-0.4, -0.2) is 30.4 Å². The molecule has 0 radical (unpaired) electrons. The third-order valence-corrected chi connectivity index (χ3v) is 2.59. The number of nitrogens with zero attached hydrogens (tertiary/aromatic N) is 2. The molecule has 1 aliphatic rings. The molecule has 0 fully saturated rings. The van der Waals surface area contributed by atoms with Gasteiger partial charge in [0.05, 0.1) is 0 Å². The normalized spacial score (nSPS) is 19.3. The van der Waals surface area contributed by atoms with Crippen LogP contribution >= 0.6 is 0 Å². The van der Waals surface area contributed by atoms with Gasteiger partial charge in [-0.2, -0.15) is 8.78 Å². The minimum absolute atomic E-state index is 0.0319. The van der Waals surface area contributed by atoms with Crippen LogP contribution in [0.25, 0.3) is 0 Å². The fraction of sp³-hybridized carbons (Fsp3) is 0.273. The number of aliphatic imine (C=N–C) groups is 1. The summed E-state index contributed by atoms with van der Waals surface area (Å²) in [5.74, 6) is -0.0857. The summed E-state index contributed by atoms with van der Waals surface area (Å²) in [5.41, 5.74) is 6.10. The SMILES string of the molecule is CN1C(=O)[C@@H](c2ccc(OC(F)F)cc2)N=C1N. The highest BCUT2D eigenvalue weighted by molar-refractivity contribution is 6.04. The van der Waals surface area contributed by atoms with Crippen LogP contribution in [0, 0.1) is 0 Å². The molecule has 1 aromatic rings. The van der Waals surface area contributed by atoms with Crippen molar-refractivity contribution in [2.75, 3.05) is 7.05 Å². The molecular formula is C11H11F2N3O2. The lowest BCUT2D eigenvalue weighted by Gasteiger charge is -2.10. The van der Waals surface area contributed by atoms with Gasteiger partial charge in [-0.15, -0.1) is 0 Å². The number of amides is 1. The molecular weight excluding hydrogens is 244 g/mol. The van der Waals surface area contributed by atoms with Gasteiger partial charge < -0.3 is 10.5 Å². The lowest BCUT2D eigenvalue weighted by Crippen LogP contribution is -2.34. The Kier molecular flexibility index (Phi) is 3.14. The van der Waals surface area contributed by atoms with Gasteiger partial charge in [-0.25, -0.2) is 4.99 Å². The maximum Gasteiger partial charge on any atom is 0.387 e. The Bertz CT molecular complexity index is 488. The van der Waals surface area contributed by atoms with E-state index in [4.69, 9.17) is 5.73 Å². The lowest BCUT2D eigenvalue weighted by molar-refractivity contribution is -0.126. The van der Waals surface area contributed by atoms with Crippen molar-refractivity contribution in [3.63, 3.8) is 0 Å². The molecule has 1 atom stereocenters. The molecule has 0 aromatic heterocycles. The van der Waals surface area contributed by atoms with Gasteiger partial charge in [0.15, 0.2) is 12.0 Å². The fourth-order valence-electron chi connectivity index (χ4n) is 1.62. The molecule has 0 aliphatic carbocycles. The lowest BCUT2D eigenvalue weighted by atomic mass is 10.1. The number of alkyl halides is 2. The quantitative estimate of drug-likeness (QED) is 0.879. The average molecular weight is 255 g/mol. The summed E-state index contributed by atoms with van der Waals surface area (Å²) >= 11 is 0. The van der Waals surface area contributed by atoms with Crippen molar-refractivity contribution in [2.24, 2.45) is 10.7 Å². The molecule has 18 heavy (non-hydrogen) atoms. The molecule has 5 nitrogen and oxygen atoms in total. The first kappa shape index (κ1) is 12.3. The molecule has 0 saturated heterocycles. The van der Waals surface area contributed by atoms with Gasteiger partial charge in [-0.1, -0.05) is 12.1 Å². The highest BCUT2D eigenvalue weighted by Gasteiger charge is 2.31. The summed E-state index contributed by atoms with van der Waals surface area (Å²) in [6, 6.07) is 5.03. The number of guanidine groups is 1. The van der Waals surface area contributed by atoms with Crippen LogP contribution < -0.4 is 10.5 Å². The summed E-state index contributed by atoms with van der Waals surface area (Å²) in [6.07, 6.45) is 0. The van der Waals surface area contributed by atoms with Crippen molar-refractivity contribution in [3.05, 3.63) is 29.8 Å². The minimum atomic E-state index is -2.87. The van der Waals surface area contributed by atoms with Crippen molar-refractivity contribution in [2.45, 2.75) is 12.7 Å². The molecule has 2 N–H and O–H groups in total. The maximum atomic E-state index is 12.0. The van der Waals surface area contributed by atoms with Crippen LogP contribution in [0.5, 0.6) is 5.75 Å². The van der Waals surface area contributed by atoms with Crippen LogP contribution in [-0.2, 0) is 4.79 Å². The van der Waals surface area contributed by atoms with E-state index in [2.05, 4.69) is 9.73 Å². The van der Waals surface area contributed by atoms with E-state index in [1.165, 1.54) is 36.2 Å². The topological polar surface area (TPSA) is 67.9 Å².